The summed E-state index contributed by atoms with van der Waals surface area (Å²) in [5.74, 6) is -1.01. The minimum atomic E-state index is -0.853. The third-order valence-electron chi connectivity index (χ3n) is 4.95. The average molecular weight is 370 g/mol. The molecule has 2 atom stereocenters. The molecule has 2 unspecified atom stereocenters. The molecule has 2 heterocycles. The van der Waals surface area contributed by atoms with Gasteiger partial charge in [-0.3, -0.25) is 9.79 Å². The molecule has 2 aromatic rings. The predicted molar refractivity (Wildman–Crippen MR) is 101 cm³/mol. The third kappa shape index (κ3) is 3.25. The van der Waals surface area contributed by atoms with E-state index in [1.807, 2.05) is 25.1 Å². The normalized spacial score (nSPS) is 21.4. The van der Waals surface area contributed by atoms with Gasteiger partial charge in [-0.25, -0.2) is 8.78 Å². The minimum Gasteiger partial charge on any atom is -0.372 e. The van der Waals surface area contributed by atoms with Gasteiger partial charge in [0.05, 0.1) is 17.9 Å². The summed E-state index contributed by atoms with van der Waals surface area (Å²) in [7, 11) is 0. The smallest absolute Gasteiger partial charge is 0.246 e. The highest BCUT2D eigenvalue weighted by Gasteiger charge is 2.27. The molecule has 2 aromatic carbocycles. The molecule has 1 amide bonds. The molecular weight excluding hydrogens is 350 g/mol. The molecule has 5 nitrogen and oxygen atoms in total. The van der Waals surface area contributed by atoms with Gasteiger partial charge < -0.3 is 15.5 Å². The minimum absolute atomic E-state index is 0.0833. The number of benzene rings is 2. The van der Waals surface area contributed by atoms with Crippen molar-refractivity contribution in [1.82, 2.24) is 4.90 Å². The number of carbonyl (C=O) groups excluding carboxylic acids is 1. The number of hydrogen-bond donors (Lipinski definition) is 2. The van der Waals surface area contributed by atoms with Gasteiger partial charge in [0.25, 0.3) is 0 Å². The molecule has 2 aliphatic rings. The van der Waals surface area contributed by atoms with Gasteiger partial charge in [-0.05, 0) is 49.7 Å². The molecular formula is C20H20F2N4O. The summed E-state index contributed by atoms with van der Waals surface area (Å²) >= 11 is 0. The molecule has 0 aliphatic carbocycles. The second-order valence-electron chi connectivity index (χ2n) is 7.01. The molecule has 0 spiro atoms. The maximum atomic E-state index is 13.6. The van der Waals surface area contributed by atoms with Crippen molar-refractivity contribution in [3.8, 4) is 0 Å². The van der Waals surface area contributed by atoms with E-state index in [4.69, 9.17) is 0 Å². The summed E-state index contributed by atoms with van der Waals surface area (Å²) in [5.41, 5.74) is 3.13. The van der Waals surface area contributed by atoms with E-state index in [0.717, 1.165) is 23.2 Å². The van der Waals surface area contributed by atoms with E-state index in [1.54, 1.807) is 13.0 Å². The topological polar surface area (TPSA) is 56.7 Å². The Hall–Kier alpha value is -2.96. The number of hydrogen-bond acceptors (Lipinski definition) is 4. The van der Waals surface area contributed by atoms with Crippen LogP contribution in [0.3, 0.4) is 0 Å². The zero-order chi connectivity index (χ0) is 19.1. The van der Waals surface area contributed by atoms with Crippen molar-refractivity contribution in [3.05, 3.63) is 59.2 Å². The van der Waals surface area contributed by atoms with Crippen LogP contribution in [0.5, 0.6) is 0 Å². The fourth-order valence-electron chi connectivity index (χ4n) is 3.39. The van der Waals surface area contributed by atoms with Crippen LogP contribution in [0.2, 0.25) is 0 Å². The number of carbonyl (C=O) groups is 1. The number of rotatable bonds is 3. The molecule has 0 saturated heterocycles. The number of amidine groups is 1. The Morgan fingerprint density at radius 2 is 1.93 bits per heavy atom. The quantitative estimate of drug-likeness (QED) is 0.871. The maximum absolute atomic E-state index is 13.6. The number of aliphatic imine (C=N–C) groups is 1. The second-order valence-corrected chi connectivity index (χ2v) is 7.01. The number of nitrogens with zero attached hydrogens (tertiary/aromatic N) is 2. The van der Waals surface area contributed by atoms with Crippen LogP contribution in [0.4, 0.5) is 20.2 Å². The van der Waals surface area contributed by atoms with Crippen molar-refractivity contribution >= 4 is 23.1 Å². The standard InChI is InChI=1S/C20H20F2N4O/c1-11-9-23-19(26(11)10-13-3-5-15(21)16(22)7-13)14-4-6-17-18(8-14)25-20(27)12(2)24-17/h3-8,11-12,24H,9-10H2,1-2H3,(H,25,27). The van der Waals surface area contributed by atoms with E-state index in [-0.39, 0.29) is 18.0 Å². The van der Waals surface area contributed by atoms with E-state index >= 15 is 0 Å². The zero-order valence-corrected chi connectivity index (χ0v) is 15.1. The Bertz CT molecular complexity index is 944. The van der Waals surface area contributed by atoms with Crippen LogP contribution in [-0.4, -0.2) is 35.3 Å². The molecule has 27 heavy (non-hydrogen) atoms. The van der Waals surface area contributed by atoms with Crippen LogP contribution in [0.1, 0.15) is 25.0 Å². The van der Waals surface area contributed by atoms with Crippen molar-refractivity contribution in [1.29, 1.82) is 0 Å². The van der Waals surface area contributed by atoms with E-state index in [1.165, 1.54) is 6.07 Å². The van der Waals surface area contributed by atoms with Gasteiger partial charge in [-0.15, -0.1) is 0 Å². The summed E-state index contributed by atoms with van der Waals surface area (Å²) in [5, 5.41) is 6.05. The summed E-state index contributed by atoms with van der Waals surface area (Å²) in [6.07, 6.45) is 0. The Balaban J connectivity index is 1.61. The first-order valence-corrected chi connectivity index (χ1v) is 8.89. The molecule has 0 saturated carbocycles. The zero-order valence-electron chi connectivity index (χ0n) is 15.1. The highest BCUT2D eigenvalue weighted by atomic mass is 19.2. The second kappa shape index (κ2) is 6.64. The lowest BCUT2D eigenvalue weighted by Gasteiger charge is -2.28. The molecule has 0 bridgehead atoms. The van der Waals surface area contributed by atoms with Crippen molar-refractivity contribution in [2.24, 2.45) is 4.99 Å². The van der Waals surface area contributed by atoms with Gasteiger partial charge in [0.2, 0.25) is 5.91 Å². The summed E-state index contributed by atoms with van der Waals surface area (Å²) in [4.78, 5) is 18.6. The van der Waals surface area contributed by atoms with Crippen LogP contribution < -0.4 is 10.6 Å². The lowest BCUT2D eigenvalue weighted by atomic mass is 10.1. The Morgan fingerprint density at radius 3 is 2.70 bits per heavy atom. The van der Waals surface area contributed by atoms with Gasteiger partial charge in [-0.2, -0.15) is 0 Å². The van der Waals surface area contributed by atoms with Crippen molar-refractivity contribution in [3.63, 3.8) is 0 Å². The number of anilines is 2. The summed E-state index contributed by atoms with van der Waals surface area (Å²) in [6, 6.07) is 9.56. The molecule has 0 aromatic heterocycles. The molecule has 7 heteroatoms. The largest absolute Gasteiger partial charge is 0.372 e. The number of halogens is 2. The molecule has 4 rings (SSSR count). The molecule has 2 N–H and O–H groups in total. The van der Waals surface area contributed by atoms with E-state index < -0.39 is 11.6 Å². The van der Waals surface area contributed by atoms with E-state index in [9.17, 15) is 13.6 Å². The Kier molecular flexibility index (Phi) is 4.30. The molecule has 0 radical (unpaired) electrons. The van der Waals surface area contributed by atoms with Crippen molar-refractivity contribution in [2.45, 2.75) is 32.5 Å². The van der Waals surface area contributed by atoms with Gasteiger partial charge >= 0.3 is 0 Å². The highest BCUT2D eigenvalue weighted by molar-refractivity contribution is 6.06. The van der Waals surface area contributed by atoms with Gasteiger partial charge in [0.1, 0.15) is 11.9 Å². The SMILES string of the molecule is CC1Nc2ccc(C3=NCC(C)N3Cc3ccc(F)c(F)c3)cc2NC1=O. The fourth-order valence-corrected chi connectivity index (χ4v) is 3.39. The summed E-state index contributed by atoms with van der Waals surface area (Å²) < 4.78 is 26.8. The van der Waals surface area contributed by atoms with Crippen LogP contribution in [-0.2, 0) is 11.3 Å². The molecule has 140 valence electrons. The van der Waals surface area contributed by atoms with Crippen LogP contribution in [0.25, 0.3) is 0 Å². The van der Waals surface area contributed by atoms with E-state index in [0.29, 0.717) is 24.3 Å². The predicted octanol–water partition coefficient (Wildman–Crippen LogP) is 3.37. The van der Waals surface area contributed by atoms with Crippen LogP contribution >= 0.6 is 0 Å². The number of fused-ring (bicyclic) bond motifs is 1. The average Bonchev–Trinajstić information content (AvgIpc) is 2.99. The lowest BCUT2D eigenvalue weighted by Crippen LogP contribution is -2.37. The van der Waals surface area contributed by atoms with Gasteiger partial charge in [0.15, 0.2) is 11.6 Å². The van der Waals surface area contributed by atoms with Gasteiger partial charge in [0, 0.05) is 18.2 Å². The Morgan fingerprint density at radius 1 is 1.11 bits per heavy atom. The fraction of sp³-hybridized carbons (Fsp3) is 0.300. The lowest BCUT2D eigenvalue weighted by molar-refractivity contribution is -0.116. The van der Waals surface area contributed by atoms with Crippen molar-refractivity contribution in [2.75, 3.05) is 17.2 Å². The Labute approximate surface area is 156 Å². The first kappa shape index (κ1) is 17.5. The highest BCUT2D eigenvalue weighted by Crippen LogP contribution is 2.30. The maximum Gasteiger partial charge on any atom is 0.246 e. The molecule has 0 fully saturated rings. The first-order valence-electron chi connectivity index (χ1n) is 8.89. The first-order chi connectivity index (χ1) is 12.9. The summed E-state index contributed by atoms with van der Waals surface area (Å²) in [6.45, 7) is 4.89. The van der Waals surface area contributed by atoms with E-state index in [2.05, 4.69) is 20.5 Å². The van der Waals surface area contributed by atoms with Crippen LogP contribution in [0.15, 0.2) is 41.4 Å². The molecule has 2 aliphatic heterocycles. The number of amides is 1. The third-order valence-corrected chi connectivity index (χ3v) is 4.95. The van der Waals surface area contributed by atoms with Gasteiger partial charge in [-0.1, -0.05) is 6.07 Å². The van der Waals surface area contributed by atoms with Crippen LogP contribution in [0, 0.1) is 11.6 Å². The monoisotopic (exact) mass is 370 g/mol. The van der Waals surface area contributed by atoms with Crippen molar-refractivity contribution < 1.29 is 13.6 Å². The number of nitrogens with one attached hydrogen (secondary N) is 2.